The molecule has 0 bridgehead atoms. The maximum Gasteiger partial charge on any atom is 0.302 e. The van der Waals surface area contributed by atoms with Crippen molar-refractivity contribution in [1.82, 2.24) is 0 Å². The second kappa shape index (κ2) is 10.5. The highest BCUT2D eigenvalue weighted by Gasteiger charge is 2.13. The third-order valence-electron chi connectivity index (χ3n) is 2.49. The van der Waals surface area contributed by atoms with Gasteiger partial charge in [-0.25, -0.2) is 0 Å². The molecule has 0 unspecified atom stereocenters. The molecular weight excluding hydrogens is 268 g/mol. The van der Waals surface area contributed by atoms with Gasteiger partial charge in [0.2, 0.25) is 0 Å². The summed E-state index contributed by atoms with van der Waals surface area (Å²) in [6.45, 7) is 5.25. The van der Waals surface area contributed by atoms with Crippen molar-refractivity contribution in [2.45, 2.75) is 38.9 Å². The highest BCUT2D eigenvalue weighted by Crippen LogP contribution is 2.07. The van der Waals surface area contributed by atoms with Crippen LogP contribution < -0.4 is 0 Å². The zero-order valence-electron chi connectivity index (χ0n) is 11.8. The van der Waals surface area contributed by atoms with Gasteiger partial charge in [-0.3, -0.25) is 14.4 Å². The molecule has 0 rings (SSSR count). The van der Waals surface area contributed by atoms with E-state index in [0.717, 1.165) is 18.1 Å². The summed E-state index contributed by atoms with van der Waals surface area (Å²) in [4.78, 5) is 32.1. The molecule has 0 aliphatic rings. The Morgan fingerprint density at radius 1 is 0.684 bits per heavy atom. The second-order valence-electron chi connectivity index (χ2n) is 4.25. The van der Waals surface area contributed by atoms with Gasteiger partial charge in [-0.2, -0.15) is 0 Å². The highest BCUT2D eigenvalue weighted by atomic mass is 28.3. The molecule has 0 aliphatic carbocycles. The minimum absolute atomic E-state index is 0.298. The van der Waals surface area contributed by atoms with E-state index in [4.69, 9.17) is 14.2 Å². The molecule has 0 N–H and O–H groups in total. The summed E-state index contributed by atoms with van der Waals surface area (Å²) in [5, 5.41) is 0. The van der Waals surface area contributed by atoms with E-state index in [9.17, 15) is 14.4 Å². The predicted molar refractivity (Wildman–Crippen MR) is 71.5 cm³/mol. The largest absolute Gasteiger partial charge is 0.466 e. The Bertz CT molecular complexity index is 257. The van der Waals surface area contributed by atoms with Crippen molar-refractivity contribution in [2.75, 3.05) is 19.8 Å². The monoisotopic (exact) mass is 290 g/mol. The molecule has 0 aliphatic heterocycles. The lowest BCUT2D eigenvalue weighted by molar-refractivity contribution is -0.141. The molecule has 0 aromatic rings. The summed E-state index contributed by atoms with van der Waals surface area (Å²) in [7, 11) is -1.24. The SMILES string of the molecule is CC(=O)OCC[SiH](CCOC(C)=O)CCOC(C)=O. The number of ether oxygens (including phenoxy) is 3. The van der Waals surface area contributed by atoms with Crippen molar-refractivity contribution in [3.05, 3.63) is 0 Å². The van der Waals surface area contributed by atoms with Gasteiger partial charge in [0.25, 0.3) is 0 Å². The fourth-order valence-electron chi connectivity index (χ4n) is 1.54. The second-order valence-corrected chi connectivity index (χ2v) is 7.72. The lowest BCUT2D eigenvalue weighted by Gasteiger charge is -2.15. The van der Waals surface area contributed by atoms with Gasteiger partial charge in [-0.05, 0) is 18.1 Å². The fourth-order valence-corrected chi connectivity index (χ4v) is 3.76. The zero-order valence-corrected chi connectivity index (χ0v) is 12.9. The van der Waals surface area contributed by atoms with Crippen molar-refractivity contribution in [3.63, 3.8) is 0 Å². The lowest BCUT2D eigenvalue weighted by Crippen LogP contribution is -2.21. The summed E-state index contributed by atoms with van der Waals surface area (Å²) in [6.07, 6.45) is 0. The molecule has 0 radical (unpaired) electrons. The molecule has 7 heteroatoms. The Morgan fingerprint density at radius 3 is 1.16 bits per heavy atom. The van der Waals surface area contributed by atoms with Gasteiger partial charge < -0.3 is 14.2 Å². The first-order valence-electron chi connectivity index (χ1n) is 6.32. The zero-order chi connectivity index (χ0) is 14.7. The van der Waals surface area contributed by atoms with Gasteiger partial charge in [0, 0.05) is 29.6 Å². The molecule has 0 spiro atoms. The summed E-state index contributed by atoms with van der Waals surface area (Å²) >= 11 is 0. The van der Waals surface area contributed by atoms with Crippen LogP contribution in [0.1, 0.15) is 20.8 Å². The predicted octanol–water partition coefficient (Wildman–Crippen LogP) is 0.903. The Morgan fingerprint density at radius 2 is 0.947 bits per heavy atom. The maximum atomic E-state index is 10.7. The average molecular weight is 290 g/mol. The molecule has 0 heterocycles. The lowest BCUT2D eigenvalue weighted by atomic mass is 10.7. The minimum atomic E-state index is -1.24. The quantitative estimate of drug-likeness (QED) is 0.357. The van der Waals surface area contributed by atoms with Crippen LogP contribution in [-0.2, 0) is 28.6 Å². The summed E-state index contributed by atoms with van der Waals surface area (Å²) in [5.41, 5.74) is 0. The third-order valence-corrected chi connectivity index (χ3v) is 5.65. The molecule has 0 atom stereocenters. The number of rotatable bonds is 9. The van der Waals surface area contributed by atoms with Crippen molar-refractivity contribution < 1.29 is 28.6 Å². The molecule has 6 nitrogen and oxygen atoms in total. The topological polar surface area (TPSA) is 78.9 Å². The van der Waals surface area contributed by atoms with E-state index in [0.29, 0.717) is 19.8 Å². The number of hydrogen-bond donors (Lipinski definition) is 0. The number of esters is 3. The molecule has 0 aromatic heterocycles. The van der Waals surface area contributed by atoms with Crippen LogP contribution >= 0.6 is 0 Å². The number of carbonyl (C=O) groups is 3. The van der Waals surface area contributed by atoms with E-state index in [1.807, 2.05) is 0 Å². The Balaban J connectivity index is 3.94. The number of hydrogen-bond acceptors (Lipinski definition) is 6. The van der Waals surface area contributed by atoms with E-state index in [-0.39, 0.29) is 17.9 Å². The van der Waals surface area contributed by atoms with Gasteiger partial charge in [0.15, 0.2) is 0 Å². The Labute approximate surface area is 115 Å². The molecular formula is C12H22O6Si. The summed E-state index contributed by atoms with van der Waals surface area (Å²) < 4.78 is 14.7. The van der Waals surface area contributed by atoms with Crippen LogP contribution in [0.3, 0.4) is 0 Å². The van der Waals surface area contributed by atoms with Crippen LogP contribution in [0.15, 0.2) is 0 Å². The van der Waals surface area contributed by atoms with E-state index in [1.165, 1.54) is 20.8 Å². The Kier molecular flexibility index (Phi) is 9.78. The van der Waals surface area contributed by atoms with Gasteiger partial charge in [0.05, 0.1) is 19.8 Å². The smallest absolute Gasteiger partial charge is 0.302 e. The first-order valence-corrected chi connectivity index (χ1v) is 8.77. The van der Waals surface area contributed by atoms with Crippen molar-refractivity contribution >= 4 is 26.7 Å². The Hall–Kier alpha value is -1.37. The van der Waals surface area contributed by atoms with Gasteiger partial charge in [-0.15, -0.1) is 0 Å². The first-order chi connectivity index (χ1) is 8.91. The molecule has 0 saturated heterocycles. The molecule has 19 heavy (non-hydrogen) atoms. The summed E-state index contributed by atoms with van der Waals surface area (Å²) in [5.74, 6) is -0.895. The summed E-state index contributed by atoms with van der Waals surface area (Å²) in [6, 6.07) is 2.38. The van der Waals surface area contributed by atoms with Crippen molar-refractivity contribution in [1.29, 1.82) is 0 Å². The molecule has 0 fully saturated rings. The maximum absolute atomic E-state index is 10.7. The minimum Gasteiger partial charge on any atom is -0.466 e. The van der Waals surface area contributed by atoms with E-state index < -0.39 is 8.80 Å². The normalized spacial score (nSPS) is 10.1. The van der Waals surface area contributed by atoms with Crippen LogP contribution in [0.25, 0.3) is 0 Å². The fraction of sp³-hybridized carbons (Fsp3) is 0.750. The van der Waals surface area contributed by atoms with Crippen molar-refractivity contribution in [3.8, 4) is 0 Å². The van der Waals surface area contributed by atoms with E-state index in [1.54, 1.807) is 0 Å². The van der Waals surface area contributed by atoms with Crippen LogP contribution in [0, 0.1) is 0 Å². The number of carbonyl (C=O) groups excluding carboxylic acids is 3. The van der Waals surface area contributed by atoms with Crippen LogP contribution in [0.4, 0.5) is 0 Å². The van der Waals surface area contributed by atoms with E-state index in [2.05, 4.69) is 0 Å². The highest BCUT2D eigenvalue weighted by molar-refractivity contribution is 6.59. The molecule has 0 saturated carbocycles. The van der Waals surface area contributed by atoms with Crippen LogP contribution in [0.2, 0.25) is 18.1 Å². The van der Waals surface area contributed by atoms with Crippen LogP contribution in [-0.4, -0.2) is 46.5 Å². The van der Waals surface area contributed by atoms with Gasteiger partial charge in [0.1, 0.15) is 0 Å². The van der Waals surface area contributed by atoms with Crippen LogP contribution in [0.5, 0.6) is 0 Å². The molecule has 0 amide bonds. The third kappa shape index (κ3) is 12.9. The average Bonchev–Trinajstić information content (AvgIpc) is 2.26. The van der Waals surface area contributed by atoms with Crippen molar-refractivity contribution in [2.24, 2.45) is 0 Å². The van der Waals surface area contributed by atoms with Gasteiger partial charge >= 0.3 is 17.9 Å². The van der Waals surface area contributed by atoms with E-state index >= 15 is 0 Å². The molecule has 110 valence electrons. The standard InChI is InChI=1S/C12H22O6Si/c1-10(13)16-4-7-19(8-5-17-11(2)14)9-6-18-12(3)15/h19H,4-9H2,1-3H3. The van der Waals surface area contributed by atoms with Gasteiger partial charge in [-0.1, -0.05) is 0 Å². The first kappa shape index (κ1) is 17.6. The molecule has 0 aromatic carbocycles.